The molecule has 1 heterocycles. The summed E-state index contributed by atoms with van der Waals surface area (Å²) in [5, 5.41) is 5.74. The molecule has 0 spiro atoms. The molecule has 138 valence electrons. The van der Waals surface area contributed by atoms with Crippen LogP contribution in [0.3, 0.4) is 0 Å². The van der Waals surface area contributed by atoms with Crippen molar-refractivity contribution in [1.29, 1.82) is 0 Å². The van der Waals surface area contributed by atoms with E-state index in [1.165, 1.54) is 18.0 Å². The van der Waals surface area contributed by atoms with Gasteiger partial charge in [-0.15, -0.1) is 0 Å². The lowest BCUT2D eigenvalue weighted by molar-refractivity contribution is 0.0952. The van der Waals surface area contributed by atoms with Gasteiger partial charge in [0.15, 0.2) is 0 Å². The summed E-state index contributed by atoms with van der Waals surface area (Å²) in [6, 6.07) is 11.8. The molecule has 5 heteroatoms. The molecule has 5 nitrogen and oxygen atoms in total. The van der Waals surface area contributed by atoms with Gasteiger partial charge in [-0.25, -0.2) is 0 Å². The number of carbonyl (C=O) groups excluding carboxylic acids is 2. The molecular weight excluding hydrogens is 326 g/mol. The highest BCUT2D eigenvalue weighted by atomic mass is 16.2. The first-order valence-electron chi connectivity index (χ1n) is 9.26. The van der Waals surface area contributed by atoms with Gasteiger partial charge in [-0.05, 0) is 30.9 Å². The molecule has 0 atom stereocenters. The van der Waals surface area contributed by atoms with E-state index in [0.29, 0.717) is 24.2 Å². The standard InChI is InChI=1S/C21H27N3O2/c1-2-3-7-12-23-20(25)18-14-19(16-22-15-18)21(26)24-13-8-11-17-9-5-4-6-10-17/h4-6,9-10,14-16H,2-3,7-8,11-13H2,1H3,(H,23,25)(H,24,26). The zero-order valence-electron chi connectivity index (χ0n) is 15.3. The van der Waals surface area contributed by atoms with Gasteiger partial charge in [0.05, 0.1) is 11.1 Å². The molecule has 0 bridgehead atoms. The first kappa shape index (κ1) is 19.6. The summed E-state index contributed by atoms with van der Waals surface area (Å²) in [5.74, 6) is -0.390. The van der Waals surface area contributed by atoms with E-state index in [1.54, 1.807) is 6.07 Å². The summed E-state index contributed by atoms with van der Waals surface area (Å²) in [5.41, 5.74) is 2.08. The highest BCUT2D eigenvalue weighted by Gasteiger charge is 2.10. The average molecular weight is 353 g/mol. The van der Waals surface area contributed by atoms with Gasteiger partial charge in [-0.1, -0.05) is 50.1 Å². The number of amides is 2. The van der Waals surface area contributed by atoms with Crippen LogP contribution in [-0.4, -0.2) is 29.9 Å². The van der Waals surface area contributed by atoms with E-state index in [9.17, 15) is 9.59 Å². The molecular formula is C21H27N3O2. The minimum atomic E-state index is -0.203. The van der Waals surface area contributed by atoms with Crippen LogP contribution in [0.15, 0.2) is 48.8 Å². The lowest BCUT2D eigenvalue weighted by atomic mass is 10.1. The van der Waals surface area contributed by atoms with E-state index in [1.807, 2.05) is 18.2 Å². The van der Waals surface area contributed by atoms with Gasteiger partial charge >= 0.3 is 0 Å². The summed E-state index contributed by atoms with van der Waals surface area (Å²) in [6.07, 6.45) is 7.90. The predicted octanol–water partition coefficient (Wildman–Crippen LogP) is 3.36. The van der Waals surface area contributed by atoms with E-state index in [2.05, 4.69) is 34.7 Å². The van der Waals surface area contributed by atoms with Crippen LogP contribution >= 0.6 is 0 Å². The van der Waals surface area contributed by atoms with Crippen LogP contribution in [-0.2, 0) is 6.42 Å². The minimum Gasteiger partial charge on any atom is -0.352 e. The lowest BCUT2D eigenvalue weighted by Gasteiger charge is -2.08. The summed E-state index contributed by atoms with van der Waals surface area (Å²) in [4.78, 5) is 28.4. The molecule has 2 aromatic rings. The van der Waals surface area contributed by atoms with Crippen LogP contribution in [0, 0.1) is 0 Å². The van der Waals surface area contributed by atoms with Gasteiger partial charge in [-0.3, -0.25) is 14.6 Å². The number of carbonyl (C=O) groups is 2. The predicted molar refractivity (Wildman–Crippen MR) is 103 cm³/mol. The number of pyridine rings is 1. The Labute approximate surface area is 155 Å². The Morgan fingerprint density at radius 2 is 1.50 bits per heavy atom. The molecule has 0 saturated carbocycles. The summed E-state index contributed by atoms with van der Waals surface area (Å²) < 4.78 is 0. The average Bonchev–Trinajstić information content (AvgIpc) is 2.69. The van der Waals surface area contributed by atoms with Crippen molar-refractivity contribution in [3.63, 3.8) is 0 Å². The molecule has 2 amide bonds. The highest BCUT2D eigenvalue weighted by molar-refractivity contribution is 5.99. The molecule has 26 heavy (non-hydrogen) atoms. The fourth-order valence-electron chi connectivity index (χ4n) is 2.61. The molecule has 1 aromatic carbocycles. The number of unbranched alkanes of at least 4 members (excludes halogenated alkanes) is 2. The van der Waals surface area contributed by atoms with Crippen LogP contribution in [0.1, 0.15) is 58.9 Å². The van der Waals surface area contributed by atoms with Gasteiger partial charge in [0.2, 0.25) is 0 Å². The van der Waals surface area contributed by atoms with E-state index in [-0.39, 0.29) is 11.8 Å². The minimum absolute atomic E-state index is 0.188. The van der Waals surface area contributed by atoms with Crippen molar-refractivity contribution in [2.75, 3.05) is 13.1 Å². The Balaban J connectivity index is 1.78. The normalized spacial score (nSPS) is 10.3. The molecule has 0 unspecified atom stereocenters. The van der Waals surface area contributed by atoms with Gasteiger partial charge in [-0.2, -0.15) is 0 Å². The smallest absolute Gasteiger partial charge is 0.252 e. The Morgan fingerprint density at radius 1 is 0.885 bits per heavy atom. The first-order valence-corrected chi connectivity index (χ1v) is 9.26. The third-order valence-corrected chi connectivity index (χ3v) is 4.10. The fraction of sp³-hybridized carbons (Fsp3) is 0.381. The van der Waals surface area contributed by atoms with Crippen molar-refractivity contribution in [3.8, 4) is 0 Å². The van der Waals surface area contributed by atoms with Crippen LogP contribution in [0.4, 0.5) is 0 Å². The molecule has 1 aromatic heterocycles. The van der Waals surface area contributed by atoms with Crippen molar-refractivity contribution in [3.05, 3.63) is 65.5 Å². The van der Waals surface area contributed by atoms with Crippen molar-refractivity contribution in [1.82, 2.24) is 15.6 Å². The molecule has 0 saturated heterocycles. The van der Waals surface area contributed by atoms with Crippen molar-refractivity contribution >= 4 is 11.8 Å². The molecule has 0 aliphatic rings. The number of aryl methyl sites for hydroxylation is 1. The fourth-order valence-corrected chi connectivity index (χ4v) is 2.61. The number of nitrogens with one attached hydrogen (secondary N) is 2. The zero-order chi connectivity index (χ0) is 18.6. The molecule has 0 radical (unpaired) electrons. The highest BCUT2D eigenvalue weighted by Crippen LogP contribution is 2.05. The largest absolute Gasteiger partial charge is 0.352 e. The number of benzene rings is 1. The molecule has 2 N–H and O–H groups in total. The monoisotopic (exact) mass is 353 g/mol. The third-order valence-electron chi connectivity index (χ3n) is 4.10. The second-order valence-electron chi connectivity index (χ2n) is 6.27. The molecule has 0 aliphatic carbocycles. The van der Waals surface area contributed by atoms with Gasteiger partial charge in [0.1, 0.15) is 0 Å². The number of rotatable bonds is 10. The molecule has 2 rings (SSSR count). The SMILES string of the molecule is CCCCCNC(=O)c1cncc(C(=O)NCCCc2ccccc2)c1. The zero-order valence-corrected chi connectivity index (χ0v) is 15.3. The van der Waals surface area contributed by atoms with E-state index < -0.39 is 0 Å². The summed E-state index contributed by atoms with van der Waals surface area (Å²) >= 11 is 0. The lowest BCUT2D eigenvalue weighted by Crippen LogP contribution is -2.27. The van der Waals surface area contributed by atoms with Crippen molar-refractivity contribution in [2.24, 2.45) is 0 Å². The Hall–Kier alpha value is -2.69. The maximum atomic E-state index is 12.2. The van der Waals surface area contributed by atoms with Crippen LogP contribution < -0.4 is 10.6 Å². The maximum Gasteiger partial charge on any atom is 0.252 e. The number of hydrogen-bond acceptors (Lipinski definition) is 3. The first-order chi connectivity index (χ1) is 12.7. The Bertz CT molecular complexity index is 701. The van der Waals surface area contributed by atoms with Gasteiger partial charge < -0.3 is 10.6 Å². The second kappa shape index (κ2) is 11.0. The van der Waals surface area contributed by atoms with Gasteiger partial charge in [0, 0.05) is 25.5 Å². The summed E-state index contributed by atoms with van der Waals surface area (Å²) in [7, 11) is 0. The topological polar surface area (TPSA) is 71.1 Å². The third kappa shape index (κ3) is 6.67. The Kier molecular flexibility index (Phi) is 8.33. The van der Waals surface area contributed by atoms with E-state index in [4.69, 9.17) is 0 Å². The summed E-state index contributed by atoms with van der Waals surface area (Å²) in [6.45, 7) is 3.34. The molecule has 0 aliphatic heterocycles. The second-order valence-corrected chi connectivity index (χ2v) is 6.27. The van der Waals surface area contributed by atoms with E-state index in [0.717, 1.165) is 32.1 Å². The van der Waals surface area contributed by atoms with Gasteiger partial charge in [0.25, 0.3) is 11.8 Å². The van der Waals surface area contributed by atoms with Crippen LogP contribution in [0.25, 0.3) is 0 Å². The number of nitrogens with zero attached hydrogens (tertiary/aromatic N) is 1. The van der Waals surface area contributed by atoms with E-state index >= 15 is 0 Å². The number of hydrogen-bond donors (Lipinski definition) is 2. The van der Waals surface area contributed by atoms with Crippen molar-refractivity contribution < 1.29 is 9.59 Å². The maximum absolute atomic E-state index is 12.2. The number of aromatic nitrogens is 1. The quantitative estimate of drug-likeness (QED) is 0.643. The van der Waals surface area contributed by atoms with Crippen LogP contribution in [0.5, 0.6) is 0 Å². The molecule has 0 fully saturated rings. The van der Waals surface area contributed by atoms with Crippen molar-refractivity contribution in [2.45, 2.75) is 39.0 Å². The Morgan fingerprint density at radius 3 is 2.12 bits per heavy atom. The van der Waals surface area contributed by atoms with Crippen LogP contribution in [0.2, 0.25) is 0 Å².